The van der Waals surface area contributed by atoms with Gasteiger partial charge in [0, 0.05) is 5.56 Å². The van der Waals surface area contributed by atoms with Crippen LogP contribution in [-0.4, -0.2) is 22.3 Å². The molecule has 15 heavy (non-hydrogen) atoms. The molecular formula is C10H10FN3O. The molecule has 5 heteroatoms. The summed E-state index contributed by atoms with van der Waals surface area (Å²) in [4.78, 5) is 4.14. The van der Waals surface area contributed by atoms with Crippen LogP contribution in [0.25, 0.3) is 11.4 Å². The molecule has 1 heterocycles. The van der Waals surface area contributed by atoms with Crippen molar-refractivity contribution in [1.29, 1.82) is 0 Å². The maximum Gasteiger partial charge on any atom is 0.181 e. The van der Waals surface area contributed by atoms with Gasteiger partial charge in [0.25, 0.3) is 0 Å². The Bertz CT molecular complexity index is 481. The topological polar surface area (TPSA) is 50.8 Å². The van der Waals surface area contributed by atoms with Gasteiger partial charge < -0.3 is 4.74 Å². The summed E-state index contributed by atoms with van der Waals surface area (Å²) in [5.41, 5.74) is 0.720. The highest BCUT2D eigenvalue weighted by molar-refractivity contribution is 5.57. The fourth-order valence-electron chi connectivity index (χ4n) is 1.27. The van der Waals surface area contributed by atoms with Gasteiger partial charge in [-0.25, -0.2) is 9.37 Å². The number of hydrogen-bond acceptors (Lipinski definition) is 3. The zero-order valence-corrected chi connectivity index (χ0v) is 8.41. The van der Waals surface area contributed by atoms with Crippen molar-refractivity contribution in [3.63, 3.8) is 0 Å². The van der Waals surface area contributed by atoms with Gasteiger partial charge in [-0.15, -0.1) is 0 Å². The van der Waals surface area contributed by atoms with Gasteiger partial charge in [0.05, 0.1) is 7.11 Å². The van der Waals surface area contributed by atoms with Crippen LogP contribution in [0.3, 0.4) is 0 Å². The third kappa shape index (κ3) is 1.81. The van der Waals surface area contributed by atoms with Gasteiger partial charge in [-0.2, -0.15) is 5.10 Å². The van der Waals surface area contributed by atoms with E-state index in [0.29, 0.717) is 11.6 Å². The molecule has 1 aromatic heterocycles. The van der Waals surface area contributed by atoms with Gasteiger partial charge in [0.15, 0.2) is 17.4 Å². The van der Waals surface area contributed by atoms with E-state index in [2.05, 4.69) is 15.2 Å². The number of hydrogen-bond donors (Lipinski definition) is 1. The van der Waals surface area contributed by atoms with Gasteiger partial charge in [-0.3, -0.25) is 5.10 Å². The SMILES string of the molecule is COc1cc(-c2n[nH]c(C)n2)ccc1F. The predicted octanol–water partition coefficient (Wildman–Crippen LogP) is 1.93. The molecule has 0 aliphatic rings. The van der Waals surface area contributed by atoms with Crippen molar-refractivity contribution in [2.45, 2.75) is 6.92 Å². The lowest BCUT2D eigenvalue weighted by atomic mass is 10.2. The second kappa shape index (κ2) is 3.68. The van der Waals surface area contributed by atoms with E-state index in [9.17, 15) is 4.39 Å². The highest BCUT2D eigenvalue weighted by Gasteiger charge is 2.08. The molecule has 2 aromatic rings. The number of halogens is 1. The van der Waals surface area contributed by atoms with E-state index in [-0.39, 0.29) is 5.75 Å². The van der Waals surface area contributed by atoms with Crippen LogP contribution < -0.4 is 4.74 Å². The average molecular weight is 207 g/mol. The van der Waals surface area contributed by atoms with Crippen molar-refractivity contribution in [2.24, 2.45) is 0 Å². The molecule has 2 rings (SSSR count). The Morgan fingerprint density at radius 3 is 2.80 bits per heavy atom. The van der Waals surface area contributed by atoms with Crippen molar-refractivity contribution >= 4 is 0 Å². The van der Waals surface area contributed by atoms with E-state index in [1.807, 2.05) is 0 Å². The van der Waals surface area contributed by atoms with Crippen molar-refractivity contribution in [2.75, 3.05) is 7.11 Å². The summed E-state index contributed by atoms with van der Waals surface area (Å²) < 4.78 is 18.0. The highest BCUT2D eigenvalue weighted by Crippen LogP contribution is 2.23. The summed E-state index contributed by atoms with van der Waals surface area (Å²) in [6, 6.07) is 4.51. The number of benzene rings is 1. The minimum atomic E-state index is -0.395. The van der Waals surface area contributed by atoms with Crippen LogP contribution in [0.5, 0.6) is 5.75 Å². The lowest BCUT2D eigenvalue weighted by Crippen LogP contribution is -1.89. The Morgan fingerprint density at radius 1 is 1.40 bits per heavy atom. The fourth-order valence-corrected chi connectivity index (χ4v) is 1.27. The third-order valence-electron chi connectivity index (χ3n) is 2.01. The molecule has 1 N–H and O–H groups in total. The average Bonchev–Trinajstić information content (AvgIpc) is 2.66. The van der Waals surface area contributed by atoms with Crippen LogP contribution in [0.2, 0.25) is 0 Å². The molecule has 0 spiro atoms. The van der Waals surface area contributed by atoms with Gasteiger partial charge in [-0.1, -0.05) is 0 Å². The lowest BCUT2D eigenvalue weighted by Gasteiger charge is -2.02. The van der Waals surface area contributed by atoms with Crippen molar-refractivity contribution < 1.29 is 9.13 Å². The molecule has 0 saturated heterocycles. The summed E-state index contributed by atoms with van der Waals surface area (Å²) >= 11 is 0. The maximum atomic E-state index is 13.1. The first kappa shape index (κ1) is 9.64. The van der Waals surface area contributed by atoms with Gasteiger partial charge in [0.1, 0.15) is 5.82 Å². The van der Waals surface area contributed by atoms with Crippen molar-refractivity contribution in [3.05, 3.63) is 29.8 Å². The molecule has 0 aliphatic heterocycles. The Hall–Kier alpha value is -1.91. The van der Waals surface area contributed by atoms with Crippen LogP contribution in [0, 0.1) is 12.7 Å². The first-order valence-corrected chi connectivity index (χ1v) is 4.43. The van der Waals surface area contributed by atoms with E-state index < -0.39 is 5.82 Å². The molecule has 0 saturated carbocycles. The lowest BCUT2D eigenvalue weighted by molar-refractivity contribution is 0.387. The zero-order valence-electron chi connectivity index (χ0n) is 8.41. The standard InChI is InChI=1S/C10H10FN3O/c1-6-12-10(14-13-6)7-3-4-8(11)9(5-7)15-2/h3-5H,1-2H3,(H,12,13,14). The smallest absolute Gasteiger partial charge is 0.181 e. The summed E-state index contributed by atoms with van der Waals surface area (Å²) in [5, 5.41) is 6.70. The number of aromatic nitrogens is 3. The molecular weight excluding hydrogens is 197 g/mol. The number of H-pyrrole nitrogens is 1. The first-order valence-electron chi connectivity index (χ1n) is 4.43. The summed E-state index contributed by atoms with van der Waals surface area (Å²) in [7, 11) is 1.42. The van der Waals surface area contributed by atoms with E-state index in [1.54, 1.807) is 19.1 Å². The normalized spacial score (nSPS) is 10.3. The Labute approximate surface area is 86.1 Å². The van der Waals surface area contributed by atoms with Crippen LogP contribution in [-0.2, 0) is 0 Å². The van der Waals surface area contributed by atoms with Crippen LogP contribution >= 0.6 is 0 Å². The molecule has 0 bridgehead atoms. The van der Waals surface area contributed by atoms with Crippen molar-refractivity contribution in [1.82, 2.24) is 15.2 Å². The molecule has 78 valence electrons. The second-order valence-electron chi connectivity index (χ2n) is 3.09. The maximum absolute atomic E-state index is 13.1. The largest absolute Gasteiger partial charge is 0.494 e. The van der Waals surface area contributed by atoms with E-state index >= 15 is 0 Å². The number of aromatic amines is 1. The van der Waals surface area contributed by atoms with Crippen LogP contribution in [0.4, 0.5) is 4.39 Å². The van der Waals surface area contributed by atoms with Crippen molar-refractivity contribution in [3.8, 4) is 17.1 Å². The molecule has 0 aliphatic carbocycles. The van der Waals surface area contributed by atoms with Crippen LogP contribution in [0.15, 0.2) is 18.2 Å². The molecule has 0 atom stereocenters. The van der Waals surface area contributed by atoms with Gasteiger partial charge in [0.2, 0.25) is 0 Å². The number of aryl methyl sites for hydroxylation is 1. The molecule has 0 unspecified atom stereocenters. The van der Waals surface area contributed by atoms with Gasteiger partial charge >= 0.3 is 0 Å². The number of nitrogens with zero attached hydrogens (tertiary/aromatic N) is 2. The Morgan fingerprint density at radius 2 is 2.20 bits per heavy atom. The number of nitrogens with one attached hydrogen (secondary N) is 1. The summed E-state index contributed by atoms with van der Waals surface area (Å²) in [6.07, 6.45) is 0. The molecule has 0 amide bonds. The number of rotatable bonds is 2. The van der Waals surface area contributed by atoms with E-state index in [4.69, 9.17) is 4.74 Å². The molecule has 0 fully saturated rings. The van der Waals surface area contributed by atoms with Gasteiger partial charge in [-0.05, 0) is 25.1 Å². The fraction of sp³-hybridized carbons (Fsp3) is 0.200. The Balaban J connectivity index is 2.45. The minimum Gasteiger partial charge on any atom is -0.494 e. The Kier molecular flexibility index (Phi) is 2.37. The third-order valence-corrected chi connectivity index (χ3v) is 2.01. The van der Waals surface area contributed by atoms with E-state index in [1.165, 1.54) is 13.2 Å². The predicted molar refractivity (Wildman–Crippen MR) is 53.1 cm³/mol. The van der Waals surface area contributed by atoms with Crippen LogP contribution in [0.1, 0.15) is 5.82 Å². The second-order valence-corrected chi connectivity index (χ2v) is 3.09. The number of methoxy groups -OCH3 is 1. The zero-order chi connectivity index (χ0) is 10.8. The monoisotopic (exact) mass is 207 g/mol. The molecule has 0 radical (unpaired) electrons. The minimum absolute atomic E-state index is 0.190. The molecule has 1 aromatic carbocycles. The van der Waals surface area contributed by atoms with E-state index in [0.717, 1.165) is 5.56 Å². The summed E-state index contributed by atoms with van der Waals surface area (Å²) in [6.45, 7) is 1.80. The summed E-state index contributed by atoms with van der Waals surface area (Å²) in [5.74, 6) is 1.04. The first-order chi connectivity index (χ1) is 7.20. The number of ether oxygens (including phenoxy) is 1. The quantitative estimate of drug-likeness (QED) is 0.818. The molecule has 4 nitrogen and oxygen atoms in total. The highest BCUT2D eigenvalue weighted by atomic mass is 19.1.